The zero-order valence-corrected chi connectivity index (χ0v) is 20.4. The number of benzene rings is 2. The molecule has 186 valence electrons. The fourth-order valence-electron chi connectivity index (χ4n) is 3.84. The van der Waals surface area contributed by atoms with E-state index < -0.39 is 21.8 Å². The van der Waals surface area contributed by atoms with E-state index in [1.807, 2.05) is 0 Å². The van der Waals surface area contributed by atoms with Crippen molar-refractivity contribution in [2.75, 3.05) is 39.7 Å². The molecule has 2 aromatic carbocycles. The molecule has 1 amide bonds. The van der Waals surface area contributed by atoms with Crippen molar-refractivity contribution in [3.05, 3.63) is 42.5 Å². The molecule has 0 radical (unpaired) electrons. The highest BCUT2D eigenvalue weighted by atomic mass is 32.2. The molecule has 11 nitrogen and oxygen atoms in total. The van der Waals surface area contributed by atoms with Gasteiger partial charge in [-0.2, -0.15) is 4.31 Å². The Balaban J connectivity index is 1.45. The molecule has 3 aromatic rings. The van der Waals surface area contributed by atoms with Gasteiger partial charge in [0.1, 0.15) is 17.2 Å². The third-order valence-corrected chi connectivity index (χ3v) is 7.63. The van der Waals surface area contributed by atoms with Gasteiger partial charge >= 0.3 is 6.01 Å². The van der Waals surface area contributed by atoms with E-state index in [0.29, 0.717) is 42.2 Å². The number of aromatic nitrogens is 2. The number of hydrogen-bond donors (Lipinski definition) is 1. The molecule has 1 aliphatic heterocycles. The number of ether oxygens (including phenoxy) is 3. The van der Waals surface area contributed by atoms with Crippen LogP contribution in [0.4, 0.5) is 6.01 Å². The van der Waals surface area contributed by atoms with E-state index in [0.717, 1.165) is 0 Å². The second kappa shape index (κ2) is 10.3. The second-order valence-electron chi connectivity index (χ2n) is 7.85. The summed E-state index contributed by atoms with van der Waals surface area (Å²) in [6.07, 6.45) is 1.08. The number of rotatable bonds is 8. The molecule has 1 N–H and O–H groups in total. The summed E-state index contributed by atoms with van der Waals surface area (Å²) in [5, 5.41) is 10.5. The summed E-state index contributed by atoms with van der Waals surface area (Å²) in [6.45, 7) is 0.383. The minimum absolute atomic E-state index is 0.0491. The number of nitrogens with zero attached hydrogens (tertiary/aromatic N) is 3. The number of sulfonamides is 1. The molecule has 1 unspecified atom stereocenters. The quantitative estimate of drug-likeness (QED) is 0.493. The number of amides is 1. The number of hydrogen-bond acceptors (Lipinski definition) is 9. The minimum Gasteiger partial charge on any atom is -0.497 e. The van der Waals surface area contributed by atoms with E-state index in [2.05, 4.69) is 15.5 Å². The summed E-state index contributed by atoms with van der Waals surface area (Å²) >= 11 is 0. The molecule has 4 rings (SSSR count). The largest absolute Gasteiger partial charge is 0.497 e. The molecule has 0 saturated carbocycles. The van der Waals surface area contributed by atoms with Crippen LogP contribution in [0.5, 0.6) is 17.2 Å². The molecule has 1 aliphatic rings. The first-order chi connectivity index (χ1) is 16.8. The zero-order valence-electron chi connectivity index (χ0n) is 19.6. The fourth-order valence-corrected chi connectivity index (χ4v) is 5.36. The Labute approximate surface area is 203 Å². The molecular formula is C23H26N4O7S. The van der Waals surface area contributed by atoms with Gasteiger partial charge in [0.15, 0.2) is 0 Å². The van der Waals surface area contributed by atoms with Gasteiger partial charge in [-0.1, -0.05) is 5.10 Å². The van der Waals surface area contributed by atoms with Crippen molar-refractivity contribution in [3.8, 4) is 28.7 Å². The van der Waals surface area contributed by atoms with Crippen LogP contribution in [-0.4, -0.2) is 63.2 Å². The highest BCUT2D eigenvalue weighted by Crippen LogP contribution is 2.33. The molecule has 35 heavy (non-hydrogen) atoms. The Bertz CT molecular complexity index is 1290. The number of anilines is 1. The average molecular weight is 503 g/mol. The van der Waals surface area contributed by atoms with E-state index in [1.165, 1.54) is 30.7 Å². The average Bonchev–Trinajstić information content (AvgIpc) is 3.36. The van der Waals surface area contributed by atoms with Gasteiger partial charge in [-0.3, -0.25) is 10.1 Å². The van der Waals surface area contributed by atoms with Gasteiger partial charge in [0.05, 0.1) is 37.7 Å². The van der Waals surface area contributed by atoms with Crippen LogP contribution in [0.1, 0.15) is 12.8 Å². The molecule has 0 aliphatic carbocycles. The molecule has 2 heterocycles. The van der Waals surface area contributed by atoms with Gasteiger partial charge in [-0.15, -0.1) is 5.10 Å². The van der Waals surface area contributed by atoms with Crippen molar-refractivity contribution in [1.29, 1.82) is 0 Å². The topological polar surface area (TPSA) is 133 Å². The number of carbonyl (C=O) groups is 1. The lowest BCUT2D eigenvalue weighted by molar-refractivity contribution is -0.121. The highest BCUT2D eigenvalue weighted by Gasteiger charge is 2.34. The van der Waals surface area contributed by atoms with Gasteiger partial charge in [0.25, 0.3) is 5.89 Å². The molecule has 1 saturated heterocycles. The first-order valence-electron chi connectivity index (χ1n) is 10.9. The number of carbonyl (C=O) groups excluding carboxylic acids is 1. The van der Waals surface area contributed by atoms with Crippen molar-refractivity contribution in [3.63, 3.8) is 0 Å². The molecular weight excluding hydrogens is 476 g/mol. The van der Waals surface area contributed by atoms with Crippen LogP contribution >= 0.6 is 0 Å². The van der Waals surface area contributed by atoms with E-state index in [4.69, 9.17) is 18.6 Å². The Hall–Kier alpha value is -3.64. The van der Waals surface area contributed by atoms with E-state index in [1.54, 1.807) is 37.4 Å². The van der Waals surface area contributed by atoms with Gasteiger partial charge in [0.2, 0.25) is 15.9 Å². The maximum absolute atomic E-state index is 13.1. The Morgan fingerprint density at radius 2 is 1.74 bits per heavy atom. The predicted molar refractivity (Wildman–Crippen MR) is 126 cm³/mol. The van der Waals surface area contributed by atoms with Crippen LogP contribution in [0.25, 0.3) is 11.5 Å². The zero-order chi connectivity index (χ0) is 25.0. The number of piperidine rings is 1. The summed E-state index contributed by atoms with van der Waals surface area (Å²) in [7, 11) is 0.813. The van der Waals surface area contributed by atoms with Gasteiger partial charge < -0.3 is 18.6 Å². The molecule has 1 atom stereocenters. The maximum atomic E-state index is 13.1. The van der Waals surface area contributed by atoms with Crippen molar-refractivity contribution in [2.45, 2.75) is 17.7 Å². The van der Waals surface area contributed by atoms with Crippen LogP contribution in [0.15, 0.2) is 51.8 Å². The number of methoxy groups -OCH3 is 3. The van der Waals surface area contributed by atoms with Crippen LogP contribution in [0, 0.1) is 5.92 Å². The lowest BCUT2D eigenvalue weighted by Crippen LogP contribution is -2.43. The lowest BCUT2D eigenvalue weighted by Gasteiger charge is -2.30. The molecule has 12 heteroatoms. The van der Waals surface area contributed by atoms with Gasteiger partial charge in [-0.25, -0.2) is 8.42 Å². The molecule has 0 spiro atoms. The van der Waals surface area contributed by atoms with E-state index in [9.17, 15) is 13.2 Å². The van der Waals surface area contributed by atoms with Gasteiger partial charge in [0, 0.05) is 19.2 Å². The summed E-state index contributed by atoms with van der Waals surface area (Å²) in [5.74, 6) is 0.833. The molecule has 1 aromatic heterocycles. The summed E-state index contributed by atoms with van der Waals surface area (Å²) in [4.78, 5) is 13.0. The highest BCUT2D eigenvalue weighted by molar-refractivity contribution is 7.89. The van der Waals surface area contributed by atoms with E-state index >= 15 is 0 Å². The third-order valence-electron chi connectivity index (χ3n) is 5.75. The Kier molecular flexibility index (Phi) is 7.22. The fraction of sp³-hybridized carbons (Fsp3) is 0.348. The Morgan fingerprint density at radius 1 is 1.03 bits per heavy atom. The minimum atomic E-state index is -3.75. The smallest absolute Gasteiger partial charge is 0.322 e. The monoisotopic (exact) mass is 502 g/mol. The van der Waals surface area contributed by atoms with Crippen LogP contribution < -0.4 is 19.5 Å². The van der Waals surface area contributed by atoms with Crippen molar-refractivity contribution in [1.82, 2.24) is 14.5 Å². The van der Waals surface area contributed by atoms with Crippen molar-refractivity contribution in [2.24, 2.45) is 5.92 Å². The Morgan fingerprint density at radius 3 is 2.43 bits per heavy atom. The summed E-state index contributed by atoms with van der Waals surface area (Å²) < 4.78 is 48.7. The summed E-state index contributed by atoms with van der Waals surface area (Å²) in [5.41, 5.74) is 0.538. The summed E-state index contributed by atoms with van der Waals surface area (Å²) in [6, 6.07) is 11.2. The molecule has 1 fully saturated rings. The molecule has 0 bridgehead atoms. The van der Waals surface area contributed by atoms with Gasteiger partial charge in [-0.05, 0) is 49.2 Å². The first-order valence-corrected chi connectivity index (χ1v) is 12.3. The van der Waals surface area contributed by atoms with Crippen molar-refractivity contribution < 1.29 is 31.8 Å². The maximum Gasteiger partial charge on any atom is 0.322 e. The lowest BCUT2D eigenvalue weighted by atomic mass is 9.99. The number of nitrogens with one attached hydrogen (secondary N) is 1. The van der Waals surface area contributed by atoms with Crippen molar-refractivity contribution >= 4 is 21.9 Å². The standard InChI is InChI=1S/C23H26N4O7S/c1-31-16-6-9-18(10-7-16)35(29,30)27-12-4-5-15(14-27)21(28)24-23-26-25-22(34-23)19-11-8-17(32-2)13-20(19)33-3/h6-11,13,15H,4-5,12,14H2,1-3H3,(H,24,26,28). The first kappa shape index (κ1) is 24.5. The second-order valence-corrected chi connectivity index (χ2v) is 9.78. The predicted octanol–water partition coefficient (Wildman–Crippen LogP) is 2.80. The van der Waals surface area contributed by atoms with Crippen LogP contribution in [-0.2, 0) is 14.8 Å². The van der Waals surface area contributed by atoms with Crippen LogP contribution in [0.3, 0.4) is 0 Å². The van der Waals surface area contributed by atoms with Crippen LogP contribution in [0.2, 0.25) is 0 Å². The normalized spacial score (nSPS) is 16.5. The van der Waals surface area contributed by atoms with E-state index in [-0.39, 0.29) is 23.3 Å². The SMILES string of the molecule is COc1ccc(S(=O)(=O)N2CCCC(C(=O)Nc3nnc(-c4ccc(OC)cc4OC)o3)C2)cc1. The third kappa shape index (κ3) is 5.23.